The zero-order chi connectivity index (χ0) is 26.2. The lowest BCUT2D eigenvalue weighted by Gasteiger charge is -2.29. The molecule has 0 atom stereocenters. The van der Waals surface area contributed by atoms with E-state index in [0.29, 0.717) is 41.7 Å². The quantitative estimate of drug-likeness (QED) is 0.356. The Morgan fingerprint density at radius 3 is 2.49 bits per heavy atom. The molecule has 0 radical (unpaired) electrons. The van der Waals surface area contributed by atoms with Crippen LogP contribution < -0.4 is 5.43 Å². The molecule has 1 aromatic heterocycles. The van der Waals surface area contributed by atoms with Gasteiger partial charge in [0, 0.05) is 32.7 Å². The highest BCUT2D eigenvalue weighted by atomic mass is 19.1. The van der Waals surface area contributed by atoms with E-state index >= 15 is 0 Å². The molecule has 1 fully saturated rings. The molecule has 37 heavy (non-hydrogen) atoms. The van der Waals surface area contributed by atoms with Gasteiger partial charge >= 0.3 is 0 Å². The van der Waals surface area contributed by atoms with E-state index in [9.17, 15) is 18.8 Å². The first kappa shape index (κ1) is 26.5. The Hall–Kier alpha value is -3.52. The van der Waals surface area contributed by atoms with Gasteiger partial charge < -0.3 is 19.0 Å². The molecule has 0 N–H and O–H groups in total. The zero-order valence-corrected chi connectivity index (χ0v) is 21.2. The fourth-order valence-electron chi connectivity index (χ4n) is 4.84. The van der Waals surface area contributed by atoms with Crippen LogP contribution in [0.2, 0.25) is 0 Å². The molecule has 0 spiro atoms. The average molecular weight is 509 g/mol. The van der Waals surface area contributed by atoms with E-state index in [-0.39, 0.29) is 48.6 Å². The van der Waals surface area contributed by atoms with Crippen LogP contribution >= 0.6 is 0 Å². The molecule has 1 aliphatic rings. The molecule has 0 aliphatic heterocycles. The van der Waals surface area contributed by atoms with Crippen LogP contribution in [0.4, 0.5) is 4.39 Å². The predicted molar refractivity (Wildman–Crippen MR) is 138 cm³/mol. The number of methoxy groups -OCH3 is 1. The highest BCUT2D eigenvalue weighted by Crippen LogP contribution is 2.27. The highest BCUT2D eigenvalue weighted by molar-refractivity contribution is 5.86. The van der Waals surface area contributed by atoms with Crippen molar-refractivity contribution in [1.29, 1.82) is 0 Å². The lowest BCUT2D eigenvalue weighted by molar-refractivity contribution is -0.143. The fourth-order valence-corrected chi connectivity index (χ4v) is 4.84. The lowest BCUT2D eigenvalue weighted by atomic mass is 10.1. The average Bonchev–Trinajstić information content (AvgIpc) is 3.45. The third-order valence-corrected chi connectivity index (χ3v) is 6.87. The molecule has 0 bridgehead atoms. The standard InChI is InChI=1S/C29H33FN2O5/c1-36-16-6-15-31(29(35)22-7-2-3-8-22)19-27(33)32(17-21-11-13-24(30)14-12-21)18-23-20-37-26-10-5-4-9-25(26)28(23)34/h4-5,9-14,20,22H,2-3,6-8,15-19H2,1H3. The number of amides is 2. The van der Waals surface area contributed by atoms with Gasteiger partial charge in [-0.05, 0) is 49.1 Å². The molecule has 2 aromatic carbocycles. The summed E-state index contributed by atoms with van der Waals surface area (Å²) in [6, 6.07) is 12.8. The fraction of sp³-hybridized carbons (Fsp3) is 0.414. The second-order valence-electron chi connectivity index (χ2n) is 9.55. The van der Waals surface area contributed by atoms with Crippen LogP contribution in [0.15, 0.2) is 64.0 Å². The molecule has 1 saturated carbocycles. The number of carbonyl (C=O) groups is 2. The minimum atomic E-state index is -0.372. The summed E-state index contributed by atoms with van der Waals surface area (Å²) < 4.78 is 24.3. The molecule has 0 saturated heterocycles. The van der Waals surface area contributed by atoms with Crippen molar-refractivity contribution < 1.29 is 23.1 Å². The third-order valence-electron chi connectivity index (χ3n) is 6.87. The van der Waals surface area contributed by atoms with Gasteiger partial charge in [-0.3, -0.25) is 14.4 Å². The van der Waals surface area contributed by atoms with E-state index in [4.69, 9.17) is 9.15 Å². The number of ether oxygens (including phenoxy) is 1. The van der Waals surface area contributed by atoms with E-state index < -0.39 is 0 Å². The maximum absolute atomic E-state index is 13.7. The van der Waals surface area contributed by atoms with Crippen molar-refractivity contribution >= 4 is 22.8 Å². The number of carbonyl (C=O) groups excluding carboxylic acids is 2. The molecule has 1 heterocycles. The van der Waals surface area contributed by atoms with Gasteiger partial charge in [0.25, 0.3) is 0 Å². The number of halogens is 1. The first-order valence-corrected chi connectivity index (χ1v) is 12.8. The molecular formula is C29H33FN2O5. The summed E-state index contributed by atoms with van der Waals surface area (Å²) in [6.45, 7) is 0.971. The number of para-hydroxylation sites is 1. The van der Waals surface area contributed by atoms with Crippen LogP contribution in [0.3, 0.4) is 0 Å². The van der Waals surface area contributed by atoms with Crippen molar-refractivity contribution in [2.45, 2.75) is 45.2 Å². The molecule has 7 nitrogen and oxygen atoms in total. The van der Waals surface area contributed by atoms with Crippen molar-refractivity contribution in [3.8, 4) is 0 Å². The summed E-state index contributed by atoms with van der Waals surface area (Å²) >= 11 is 0. The SMILES string of the molecule is COCCCN(CC(=O)N(Cc1ccc(F)cc1)Cc1coc2ccccc2c1=O)C(=O)C1CCCC1. The van der Waals surface area contributed by atoms with Gasteiger partial charge in [0.2, 0.25) is 11.8 Å². The number of hydrogen-bond acceptors (Lipinski definition) is 5. The number of rotatable bonds is 11. The van der Waals surface area contributed by atoms with Gasteiger partial charge in [-0.25, -0.2) is 4.39 Å². The summed E-state index contributed by atoms with van der Waals surface area (Å²) in [5.41, 5.74) is 1.31. The summed E-state index contributed by atoms with van der Waals surface area (Å²) in [6.07, 6.45) is 5.72. The van der Waals surface area contributed by atoms with Gasteiger partial charge in [-0.15, -0.1) is 0 Å². The van der Waals surface area contributed by atoms with E-state index in [1.165, 1.54) is 23.3 Å². The van der Waals surface area contributed by atoms with Crippen molar-refractivity contribution in [1.82, 2.24) is 9.80 Å². The normalized spacial score (nSPS) is 13.7. The number of benzene rings is 2. The Morgan fingerprint density at radius 1 is 1.03 bits per heavy atom. The van der Waals surface area contributed by atoms with Gasteiger partial charge in [0.1, 0.15) is 11.4 Å². The van der Waals surface area contributed by atoms with E-state index in [1.54, 1.807) is 48.4 Å². The second kappa shape index (κ2) is 12.6. The molecule has 196 valence electrons. The van der Waals surface area contributed by atoms with Crippen LogP contribution in [0.25, 0.3) is 11.0 Å². The van der Waals surface area contributed by atoms with Crippen molar-refractivity contribution in [2.75, 3.05) is 26.8 Å². The van der Waals surface area contributed by atoms with Gasteiger partial charge in [0.15, 0.2) is 5.43 Å². The Kier molecular flexibility index (Phi) is 9.06. The Bertz CT molecular complexity index is 1270. The second-order valence-corrected chi connectivity index (χ2v) is 9.55. The number of hydrogen-bond donors (Lipinski definition) is 0. The van der Waals surface area contributed by atoms with E-state index in [0.717, 1.165) is 25.7 Å². The van der Waals surface area contributed by atoms with Gasteiger partial charge in [0.05, 0.1) is 30.3 Å². The van der Waals surface area contributed by atoms with E-state index in [1.807, 2.05) is 0 Å². The minimum absolute atomic E-state index is 0.00564. The van der Waals surface area contributed by atoms with Crippen LogP contribution in [-0.4, -0.2) is 48.4 Å². The largest absolute Gasteiger partial charge is 0.464 e. The lowest BCUT2D eigenvalue weighted by Crippen LogP contribution is -2.45. The molecule has 4 rings (SSSR count). The summed E-state index contributed by atoms with van der Waals surface area (Å²) in [5.74, 6) is -0.730. The molecule has 8 heteroatoms. The van der Waals surface area contributed by atoms with Crippen LogP contribution in [0.5, 0.6) is 0 Å². The first-order valence-electron chi connectivity index (χ1n) is 12.8. The first-order chi connectivity index (χ1) is 18.0. The molecule has 0 unspecified atom stereocenters. The van der Waals surface area contributed by atoms with E-state index in [2.05, 4.69) is 0 Å². The van der Waals surface area contributed by atoms with Crippen LogP contribution in [0, 0.1) is 11.7 Å². The predicted octanol–water partition coefficient (Wildman–Crippen LogP) is 4.52. The maximum Gasteiger partial charge on any atom is 0.242 e. The molecule has 2 amide bonds. The Morgan fingerprint density at radius 2 is 1.76 bits per heavy atom. The molecular weight excluding hydrogens is 475 g/mol. The summed E-state index contributed by atoms with van der Waals surface area (Å²) in [4.78, 5) is 43.2. The zero-order valence-electron chi connectivity index (χ0n) is 21.2. The van der Waals surface area contributed by atoms with Crippen molar-refractivity contribution in [3.63, 3.8) is 0 Å². The smallest absolute Gasteiger partial charge is 0.242 e. The highest BCUT2D eigenvalue weighted by Gasteiger charge is 2.29. The van der Waals surface area contributed by atoms with Crippen LogP contribution in [-0.2, 0) is 27.4 Å². The number of nitrogens with zero attached hydrogens (tertiary/aromatic N) is 2. The summed E-state index contributed by atoms with van der Waals surface area (Å²) in [5, 5.41) is 0.437. The Balaban J connectivity index is 1.59. The van der Waals surface area contributed by atoms with Gasteiger partial charge in [-0.2, -0.15) is 0 Å². The Labute approximate surface area is 215 Å². The van der Waals surface area contributed by atoms with Crippen LogP contribution in [0.1, 0.15) is 43.2 Å². The third kappa shape index (κ3) is 6.83. The minimum Gasteiger partial charge on any atom is -0.464 e. The maximum atomic E-state index is 13.7. The summed E-state index contributed by atoms with van der Waals surface area (Å²) in [7, 11) is 1.60. The molecule has 1 aliphatic carbocycles. The van der Waals surface area contributed by atoms with Crippen molar-refractivity contribution in [3.05, 3.63) is 82.0 Å². The van der Waals surface area contributed by atoms with Crippen molar-refractivity contribution in [2.24, 2.45) is 5.92 Å². The van der Waals surface area contributed by atoms with Gasteiger partial charge in [-0.1, -0.05) is 37.1 Å². The monoisotopic (exact) mass is 508 g/mol. The molecule has 3 aromatic rings. The number of fused-ring (bicyclic) bond motifs is 1. The topological polar surface area (TPSA) is 80.1 Å².